The Kier molecular flexibility index (Phi) is 5.94. The van der Waals surface area contributed by atoms with E-state index in [2.05, 4.69) is 0 Å². The quantitative estimate of drug-likeness (QED) is 0.828. The summed E-state index contributed by atoms with van der Waals surface area (Å²) in [4.78, 5) is 28.4. The third-order valence-electron chi connectivity index (χ3n) is 4.89. The van der Waals surface area contributed by atoms with Crippen molar-refractivity contribution < 1.29 is 9.59 Å². The van der Waals surface area contributed by atoms with Gasteiger partial charge in [0.25, 0.3) is 0 Å². The zero-order valence-electron chi connectivity index (χ0n) is 14.9. The molecule has 0 aliphatic carbocycles. The predicted octanol–water partition coefficient (Wildman–Crippen LogP) is 3.36. The van der Waals surface area contributed by atoms with Crippen LogP contribution in [0.25, 0.3) is 0 Å². The number of benzene rings is 2. The molecule has 0 aromatic heterocycles. The second kappa shape index (κ2) is 8.37. The number of carbonyl (C=O) groups excluding carboxylic acids is 2. The Morgan fingerprint density at radius 3 is 2.08 bits per heavy atom. The summed E-state index contributed by atoms with van der Waals surface area (Å²) in [6, 6.07) is 17.6. The van der Waals surface area contributed by atoms with Gasteiger partial charge in [-0.2, -0.15) is 0 Å². The number of rotatable bonds is 4. The van der Waals surface area contributed by atoms with Crippen LogP contribution in [0.15, 0.2) is 54.6 Å². The highest BCUT2D eigenvalue weighted by Crippen LogP contribution is 2.25. The van der Waals surface area contributed by atoms with Gasteiger partial charge in [-0.3, -0.25) is 9.59 Å². The van der Waals surface area contributed by atoms with Gasteiger partial charge >= 0.3 is 0 Å². The van der Waals surface area contributed by atoms with Gasteiger partial charge in [0.05, 0.1) is 5.92 Å². The molecule has 5 heteroatoms. The normalized spacial score (nSPS) is 15.6. The number of amides is 2. The van der Waals surface area contributed by atoms with Gasteiger partial charge in [-0.1, -0.05) is 54.1 Å². The standard InChI is InChI=1S/C21H23ClN2O2/c1-16(25)23-11-13-24(14-12-23)21(26)20(15-17-5-3-2-4-6-17)18-7-9-19(22)10-8-18/h2-10,20H,11-15H2,1H3. The molecule has 1 atom stereocenters. The fraction of sp³-hybridized carbons (Fsp3) is 0.333. The SMILES string of the molecule is CC(=O)N1CCN(C(=O)C(Cc2ccccc2)c2ccc(Cl)cc2)CC1. The molecule has 4 nitrogen and oxygen atoms in total. The number of nitrogens with zero attached hydrogens (tertiary/aromatic N) is 2. The molecule has 0 N–H and O–H groups in total. The number of hydrogen-bond donors (Lipinski definition) is 0. The fourth-order valence-corrected chi connectivity index (χ4v) is 3.48. The molecule has 136 valence electrons. The molecule has 2 amide bonds. The first kappa shape index (κ1) is 18.5. The Labute approximate surface area is 159 Å². The molecule has 1 heterocycles. The first-order valence-corrected chi connectivity index (χ1v) is 9.26. The zero-order chi connectivity index (χ0) is 18.5. The minimum atomic E-state index is -0.251. The van der Waals surface area contributed by atoms with Crippen molar-refractivity contribution >= 4 is 23.4 Å². The minimum absolute atomic E-state index is 0.0654. The summed E-state index contributed by atoms with van der Waals surface area (Å²) in [6.45, 7) is 3.93. The van der Waals surface area contributed by atoms with E-state index < -0.39 is 0 Å². The van der Waals surface area contributed by atoms with Crippen LogP contribution in [0, 0.1) is 0 Å². The topological polar surface area (TPSA) is 40.6 Å². The van der Waals surface area contributed by atoms with Crippen LogP contribution in [-0.4, -0.2) is 47.8 Å². The molecule has 1 aliphatic rings. The fourth-order valence-electron chi connectivity index (χ4n) is 3.35. The second-order valence-electron chi connectivity index (χ2n) is 6.63. The number of halogens is 1. The molecule has 1 saturated heterocycles. The highest BCUT2D eigenvalue weighted by molar-refractivity contribution is 6.30. The molecule has 26 heavy (non-hydrogen) atoms. The van der Waals surface area contributed by atoms with E-state index in [9.17, 15) is 9.59 Å². The lowest BCUT2D eigenvalue weighted by Crippen LogP contribution is -2.51. The molecule has 3 rings (SSSR count). The van der Waals surface area contributed by atoms with Crippen molar-refractivity contribution in [2.24, 2.45) is 0 Å². The summed E-state index contributed by atoms with van der Waals surface area (Å²) < 4.78 is 0. The van der Waals surface area contributed by atoms with Crippen LogP contribution < -0.4 is 0 Å². The average molecular weight is 371 g/mol. The van der Waals surface area contributed by atoms with Crippen LogP contribution >= 0.6 is 11.6 Å². The van der Waals surface area contributed by atoms with Crippen molar-refractivity contribution in [1.29, 1.82) is 0 Å². The largest absolute Gasteiger partial charge is 0.339 e. The summed E-state index contributed by atoms with van der Waals surface area (Å²) in [7, 11) is 0. The molecular weight excluding hydrogens is 348 g/mol. The monoisotopic (exact) mass is 370 g/mol. The lowest BCUT2D eigenvalue weighted by molar-refractivity contribution is -0.139. The molecule has 0 radical (unpaired) electrons. The molecule has 1 aliphatic heterocycles. The van der Waals surface area contributed by atoms with Crippen molar-refractivity contribution in [3.63, 3.8) is 0 Å². The van der Waals surface area contributed by atoms with Crippen LogP contribution in [0.1, 0.15) is 24.0 Å². The molecule has 2 aromatic carbocycles. The van der Waals surface area contributed by atoms with E-state index in [0.29, 0.717) is 37.6 Å². The van der Waals surface area contributed by atoms with Gasteiger partial charge in [0.1, 0.15) is 0 Å². The summed E-state index contributed by atoms with van der Waals surface area (Å²) in [5.74, 6) is -0.0754. The van der Waals surface area contributed by atoms with Crippen molar-refractivity contribution in [2.45, 2.75) is 19.3 Å². The molecule has 1 fully saturated rings. The van der Waals surface area contributed by atoms with Crippen LogP contribution in [0.2, 0.25) is 5.02 Å². The highest BCUT2D eigenvalue weighted by Gasteiger charge is 2.29. The van der Waals surface area contributed by atoms with Crippen molar-refractivity contribution in [1.82, 2.24) is 9.80 Å². The number of carbonyl (C=O) groups is 2. The number of hydrogen-bond acceptors (Lipinski definition) is 2. The first-order valence-electron chi connectivity index (χ1n) is 8.88. The summed E-state index contributed by atoms with van der Waals surface area (Å²) in [5.41, 5.74) is 2.10. The lowest BCUT2D eigenvalue weighted by Gasteiger charge is -2.36. The molecule has 1 unspecified atom stereocenters. The van der Waals surface area contributed by atoms with E-state index in [-0.39, 0.29) is 17.7 Å². The van der Waals surface area contributed by atoms with Crippen LogP contribution in [0.4, 0.5) is 0 Å². The van der Waals surface area contributed by atoms with Gasteiger partial charge in [-0.25, -0.2) is 0 Å². The second-order valence-corrected chi connectivity index (χ2v) is 7.06. The first-order chi connectivity index (χ1) is 12.5. The third-order valence-corrected chi connectivity index (χ3v) is 5.14. The van der Waals surface area contributed by atoms with E-state index in [1.54, 1.807) is 11.8 Å². The van der Waals surface area contributed by atoms with Crippen molar-refractivity contribution in [3.8, 4) is 0 Å². The number of piperazine rings is 1. The summed E-state index contributed by atoms with van der Waals surface area (Å²) in [6.07, 6.45) is 0.647. The molecule has 0 bridgehead atoms. The summed E-state index contributed by atoms with van der Waals surface area (Å²) >= 11 is 6.02. The Balaban J connectivity index is 1.79. The predicted molar refractivity (Wildman–Crippen MR) is 103 cm³/mol. The Bertz CT molecular complexity index is 753. The third kappa shape index (κ3) is 4.44. The average Bonchev–Trinajstić information content (AvgIpc) is 2.67. The maximum atomic E-state index is 13.3. The van der Waals surface area contributed by atoms with Gasteiger partial charge in [0.2, 0.25) is 11.8 Å². The molecule has 2 aromatic rings. The van der Waals surface area contributed by atoms with Crippen LogP contribution in [0.3, 0.4) is 0 Å². The smallest absolute Gasteiger partial charge is 0.230 e. The van der Waals surface area contributed by atoms with E-state index >= 15 is 0 Å². The van der Waals surface area contributed by atoms with Gasteiger partial charge in [-0.05, 0) is 29.7 Å². The molecule has 0 spiro atoms. The molecule has 0 saturated carbocycles. The van der Waals surface area contributed by atoms with Crippen LogP contribution in [0.5, 0.6) is 0 Å². The van der Waals surface area contributed by atoms with Gasteiger partial charge in [0.15, 0.2) is 0 Å². The Morgan fingerprint density at radius 2 is 1.50 bits per heavy atom. The van der Waals surface area contributed by atoms with Crippen LogP contribution in [-0.2, 0) is 16.0 Å². The Morgan fingerprint density at radius 1 is 0.923 bits per heavy atom. The van der Waals surface area contributed by atoms with Crippen molar-refractivity contribution in [2.75, 3.05) is 26.2 Å². The van der Waals surface area contributed by atoms with Gasteiger partial charge in [-0.15, -0.1) is 0 Å². The van der Waals surface area contributed by atoms with E-state index in [1.165, 1.54) is 0 Å². The zero-order valence-corrected chi connectivity index (χ0v) is 15.7. The Hall–Kier alpha value is -2.33. The van der Waals surface area contributed by atoms with Gasteiger partial charge < -0.3 is 9.80 Å². The van der Waals surface area contributed by atoms with E-state index in [4.69, 9.17) is 11.6 Å². The van der Waals surface area contributed by atoms with E-state index in [0.717, 1.165) is 11.1 Å². The minimum Gasteiger partial charge on any atom is -0.339 e. The highest BCUT2D eigenvalue weighted by atomic mass is 35.5. The molecular formula is C21H23ClN2O2. The van der Waals surface area contributed by atoms with Crippen molar-refractivity contribution in [3.05, 3.63) is 70.7 Å². The maximum absolute atomic E-state index is 13.3. The lowest BCUT2D eigenvalue weighted by atomic mass is 9.90. The van der Waals surface area contributed by atoms with E-state index in [1.807, 2.05) is 59.5 Å². The summed E-state index contributed by atoms with van der Waals surface area (Å²) in [5, 5.41) is 0.662. The van der Waals surface area contributed by atoms with Gasteiger partial charge in [0, 0.05) is 38.1 Å². The maximum Gasteiger partial charge on any atom is 0.230 e.